The fraction of sp³-hybridized carbons (Fsp3) is 0.300. The molecule has 0 aliphatic heterocycles. The van der Waals surface area contributed by atoms with Gasteiger partial charge in [0.25, 0.3) is 5.69 Å². The van der Waals surface area contributed by atoms with Crippen molar-refractivity contribution in [2.24, 2.45) is 5.92 Å². The van der Waals surface area contributed by atoms with Gasteiger partial charge < -0.3 is 4.74 Å². The third-order valence-electron chi connectivity index (χ3n) is 4.54. The predicted molar refractivity (Wildman–Crippen MR) is 116 cm³/mol. The first kappa shape index (κ1) is 24.6. The van der Waals surface area contributed by atoms with E-state index < -0.39 is 49.2 Å². The minimum absolute atomic E-state index is 0.231. The van der Waals surface area contributed by atoms with Gasteiger partial charge in [-0.1, -0.05) is 40.2 Å². The fourth-order valence-corrected chi connectivity index (χ4v) is 4.59. The monoisotopic (exact) mass is 512 g/mol. The van der Waals surface area contributed by atoms with Crippen LogP contribution < -0.4 is 4.72 Å². The summed E-state index contributed by atoms with van der Waals surface area (Å²) in [6.07, 6.45) is -0.0291. The van der Waals surface area contributed by atoms with E-state index in [9.17, 15) is 28.1 Å². The SMILES string of the molecule is COC(=O)[C@@H](CC(=O)[C@H](C)NS(=O)(=O)c1ccccc1[N+](=O)[O-])Cc1ccc(Br)cc1. The van der Waals surface area contributed by atoms with Gasteiger partial charge in [-0.3, -0.25) is 19.7 Å². The number of nitro benzene ring substituents is 1. The Morgan fingerprint density at radius 2 is 1.77 bits per heavy atom. The Morgan fingerprint density at radius 1 is 1.16 bits per heavy atom. The summed E-state index contributed by atoms with van der Waals surface area (Å²) in [5, 5.41) is 11.1. The van der Waals surface area contributed by atoms with Crippen molar-refractivity contribution in [2.75, 3.05) is 7.11 Å². The number of methoxy groups -OCH3 is 1. The Bertz CT molecular complexity index is 1070. The zero-order chi connectivity index (χ0) is 23.2. The smallest absolute Gasteiger partial charge is 0.309 e. The van der Waals surface area contributed by atoms with E-state index >= 15 is 0 Å². The predicted octanol–water partition coefficient (Wildman–Crippen LogP) is 3.02. The second kappa shape index (κ2) is 10.6. The molecule has 9 nitrogen and oxygen atoms in total. The Balaban J connectivity index is 2.15. The van der Waals surface area contributed by atoms with Crippen LogP contribution in [0.4, 0.5) is 5.69 Å². The minimum atomic E-state index is -4.34. The van der Waals surface area contributed by atoms with Gasteiger partial charge in [0.05, 0.1) is 24.0 Å². The lowest BCUT2D eigenvalue weighted by Gasteiger charge is -2.18. The molecular formula is C20H21BrN2O7S. The number of esters is 1. The maximum Gasteiger partial charge on any atom is 0.309 e. The van der Waals surface area contributed by atoms with Gasteiger partial charge in [0.2, 0.25) is 10.0 Å². The summed E-state index contributed by atoms with van der Waals surface area (Å²) >= 11 is 3.32. The summed E-state index contributed by atoms with van der Waals surface area (Å²) < 4.78 is 33.0. The van der Waals surface area contributed by atoms with E-state index in [0.717, 1.165) is 22.2 Å². The number of sulfonamides is 1. The molecule has 0 unspecified atom stereocenters. The normalized spacial score (nSPS) is 13.3. The quantitative estimate of drug-likeness (QED) is 0.293. The summed E-state index contributed by atoms with van der Waals surface area (Å²) in [5.74, 6) is -1.95. The van der Waals surface area contributed by atoms with Gasteiger partial charge in [-0.05, 0) is 37.1 Å². The van der Waals surface area contributed by atoms with Crippen molar-refractivity contribution in [3.05, 3.63) is 68.7 Å². The van der Waals surface area contributed by atoms with Crippen LogP contribution in [0.5, 0.6) is 0 Å². The molecule has 0 amide bonds. The van der Waals surface area contributed by atoms with Crippen LogP contribution >= 0.6 is 15.9 Å². The summed E-state index contributed by atoms with van der Waals surface area (Å²) in [5.41, 5.74) is 0.205. The molecule has 0 bridgehead atoms. The van der Waals surface area contributed by atoms with Gasteiger partial charge in [0, 0.05) is 17.0 Å². The molecule has 2 rings (SSSR count). The van der Waals surface area contributed by atoms with Crippen molar-refractivity contribution in [1.29, 1.82) is 0 Å². The second-order valence-corrected chi connectivity index (χ2v) is 9.39. The highest BCUT2D eigenvalue weighted by molar-refractivity contribution is 9.10. The molecule has 0 aliphatic rings. The number of hydrogen-bond acceptors (Lipinski definition) is 7. The largest absolute Gasteiger partial charge is 0.469 e. The maximum atomic E-state index is 12.7. The standard InChI is InChI=1S/C20H21BrN2O7S/c1-13(22-31(28,29)19-6-4-3-5-17(19)23(26)27)18(24)12-15(20(25)30-2)11-14-7-9-16(21)10-8-14/h3-10,13,15,22H,11-12H2,1-2H3/t13-,15+/m0/s1. The fourth-order valence-electron chi connectivity index (χ4n) is 2.93. The number of hydrogen-bond donors (Lipinski definition) is 1. The number of benzene rings is 2. The molecule has 0 fully saturated rings. The molecule has 2 aromatic carbocycles. The van der Waals surface area contributed by atoms with Gasteiger partial charge in [-0.25, -0.2) is 13.1 Å². The molecule has 0 saturated heterocycles. The molecule has 2 atom stereocenters. The minimum Gasteiger partial charge on any atom is -0.469 e. The van der Waals surface area contributed by atoms with E-state index in [1.54, 1.807) is 24.3 Å². The number of rotatable bonds is 10. The Morgan fingerprint density at radius 3 is 2.35 bits per heavy atom. The van der Waals surface area contributed by atoms with E-state index in [4.69, 9.17) is 4.74 Å². The highest BCUT2D eigenvalue weighted by Gasteiger charge is 2.31. The molecule has 31 heavy (non-hydrogen) atoms. The average Bonchev–Trinajstić information content (AvgIpc) is 2.73. The zero-order valence-electron chi connectivity index (χ0n) is 16.8. The van der Waals surface area contributed by atoms with Gasteiger partial charge in [-0.15, -0.1) is 0 Å². The van der Waals surface area contributed by atoms with E-state index in [-0.39, 0.29) is 12.8 Å². The lowest BCUT2D eigenvalue weighted by Crippen LogP contribution is -2.40. The van der Waals surface area contributed by atoms with Crippen LogP contribution in [0, 0.1) is 16.0 Å². The molecule has 166 valence electrons. The number of ether oxygens (including phenoxy) is 1. The zero-order valence-corrected chi connectivity index (χ0v) is 19.2. The third-order valence-corrected chi connectivity index (χ3v) is 6.66. The highest BCUT2D eigenvalue weighted by atomic mass is 79.9. The summed E-state index contributed by atoms with van der Waals surface area (Å²) in [7, 11) is -3.13. The first-order chi connectivity index (χ1) is 14.5. The van der Waals surface area contributed by atoms with E-state index in [2.05, 4.69) is 20.7 Å². The summed E-state index contributed by atoms with van der Waals surface area (Å²) in [4.78, 5) is 34.6. The third kappa shape index (κ3) is 6.68. The molecule has 0 saturated carbocycles. The molecule has 0 heterocycles. The Labute approximate surface area is 188 Å². The maximum absolute atomic E-state index is 12.7. The highest BCUT2D eigenvalue weighted by Crippen LogP contribution is 2.23. The van der Waals surface area contributed by atoms with Gasteiger partial charge >= 0.3 is 5.97 Å². The number of Topliss-reactive ketones (excluding diaryl/α,β-unsaturated/α-hetero) is 1. The van der Waals surface area contributed by atoms with Crippen molar-refractivity contribution < 1.29 is 27.7 Å². The van der Waals surface area contributed by atoms with Gasteiger partial charge in [-0.2, -0.15) is 0 Å². The van der Waals surface area contributed by atoms with Crippen molar-refractivity contribution >= 4 is 43.4 Å². The summed E-state index contributed by atoms with van der Waals surface area (Å²) in [6.45, 7) is 1.32. The van der Waals surface area contributed by atoms with Crippen LogP contribution in [-0.2, 0) is 30.8 Å². The van der Waals surface area contributed by atoms with Crippen molar-refractivity contribution in [1.82, 2.24) is 4.72 Å². The number of halogens is 1. The van der Waals surface area contributed by atoms with Crippen LogP contribution in [-0.4, -0.2) is 38.2 Å². The Kier molecular flexibility index (Phi) is 8.43. The lowest BCUT2D eigenvalue weighted by atomic mass is 9.92. The average molecular weight is 513 g/mol. The van der Waals surface area contributed by atoms with Crippen molar-refractivity contribution in [2.45, 2.75) is 30.7 Å². The molecule has 0 radical (unpaired) electrons. The van der Waals surface area contributed by atoms with Crippen molar-refractivity contribution in [3.8, 4) is 0 Å². The molecule has 1 N–H and O–H groups in total. The number of nitrogens with zero attached hydrogens (tertiary/aromatic N) is 1. The van der Waals surface area contributed by atoms with E-state index in [1.807, 2.05) is 0 Å². The molecule has 0 spiro atoms. The van der Waals surface area contributed by atoms with Crippen LogP contribution in [0.25, 0.3) is 0 Å². The second-order valence-electron chi connectivity index (χ2n) is 6.79. The lowest BCUT2D eigenvalue weighted by molar-refractivity contribution is -0.387. The first-order valence-electron chi connectivity index (χ1n) is 9.16. The number of para-hydroxylation sites is 1. The topological polar surface area (TPSA) is 133 Å². The summed E-state index contributed by atoms with van der Waals surface area (Å²) in [6, 6.07) is 10.8. The van der Waals surface area contributed by atoms with Crippen molar-refractivity contribution in [3.63, 3.8) is 0 Å². The Hall–Kier alpha value is -2.63. The number of nitrogens with one attached hydrogen (secondary N) is 1. The van der Waals surface area contributed by atoms with Crippen LogP contribution in [0.2, 0.25) is 0 Å². The van der Waals surface area contributed by atoms with Crippen LogP contribution in [0.1, 0.15) is 18.9 Å². The number of ketones is 1. The molecule has 2 aromatic rings. The number of carbonyl (C=O) groups is 2. The molecule has 11 heteroatoms. The van der Waals surface area contributed by atoms with Gasteiger partial charge in [0.1, 0.15) is 0 Å². The van der Waals surface area contributed by atoms with Crippen LogP contribution in [0.3, 0.4) is 0 Å². The van der Waals surface area contributed by atoms with Crippen LogP contribution in [0.15, 0.2) is 57.9 Å². The van der Waals surface area contributed by atoms with Gasteiger partial charge in [0.15, 0.2) is 10.7 Å². The number of carbonyl (C=O) groups excluding carboxylic acids is 2. The first-order valence-corrected chi connectivity index (χ1v) is 11.4. The van der Waals surface area contributed by atoms with E-state index in [0.29, 0.717) is 0 Å². The molecule has 0 aromatic heterocycles. The number of nitro groups is 1. The molecule has 0 aliphatic carbocycles. The molecular weight excluding hydrogens is 492 g/mol. The van der Waals surface area contributed by atoms with E-state index in [1.165, 1.54) is 26.2 Å².